The highest BCUT2D eigenvalue weighted by molar-refractivity contribution is 6.01. The molecule has 1 aliphatic heterocycles. The number of phenols is 1. The topological polar surface area (TPSA) is 142 Å². The predicted molar refractivity (Wildman–Crippen MR) is 98.8 cm³/mol. The van der Waals surface area contributed by atoms with Gasteiger partial charge in [0.1, 0.15) is 17.6 Å². The molecule has 3 aromatic rings. The average Bonchev–Trinajstić information content (AvgIpc) is 3.31. The molecule has 0 aliphatic carbocycles. The number of anilines is 2. The summed E-state index contributed by atoms with van der Waals surface area (Å²) in [5, 5.41) is 23.1. The zero-order valence-electron chi connectivity index (χ0n) is 14.4. The van der Waals surface area contributed by atoms with Crippen LogP contribution in [0.2, 0.25) is 0 Å². The highest BCUT2D eigenvalue weighted by Crippen LogP contribution is 2.48. The third-order valence-corrected chi connectivity index (χ3v) is 4.56. The van der Waals surface area contributed by atoms with Gasteiger partial charge in [-0.2, -0.15) is 0 Å². The molecule has 0 bridgehead atoms. The number of aromatic carboxylic acids is 1. The number of furan rings is 1. The smallest absolute Gasteiger partial charge is 0.338 e. The van der Waals surface area contributed by atoms with Crippen LogP contribution in [-0.4, -0.2) is 27.1 Å². The summed E-state index contributed by atoms with van der Waals surface area (Å²) in [7, 11) is 0. The van der Waals surface area contributed by atoms with E-state index in [4.69, 9.17) is 10.2 Å². The van der Waals surface area contributed by atoms with Gasteiger partial charge in [0.25, 0.3) is 0 Å². The number of rotatable bonds is 5. The number of phenolic OH excluding ortho intramolecular Hbond substituents is 1. The van der Waals surface area contributed by atoms with Crippen molar-refractivity contribution in [2.75, 3.05) is 10.2 Å². The number of aromatic hydroxyl groups is 1. The van der Waals surface area contributed by atoms with Crippen LogP contribution >= 0.6 is 0 Å². The van der Waals surface area contributed by atoms with E-state index in [0.29, 0.717) is 5.76 Å². The number of hydrogen-bond acceptors (Lipinski definition) is 7. The zero-order valence-corrected chi connectivity index (χ0v) is 14.4. The van der Waals surface area contributed by atoms with Crippen LogP contribution < -0.4 is 16.0 Å². The van der Waals surface area contributed by atoms with E-state index in [-0.39, 0.29) is 28.4 Å². The number of pyridine rings is 1. The first kappa shape index (κ1) is 17.4. The maximum atomic E-state index is 12.5. The summed E-state index contributed by atoms with van der Waals surface area (Å²) >= 11 is 0. The van der Waals surface area contributed by atoms with Gasteiger partial charge < -0.3 is 30.6 Å². The van der Waals surface area contributed by atoms with Gasteiger partial charge in [-0.25, -0.2) is 9.78 Å². The van der Waals surface area contributed by atoms with Crippen LogP contribution in [0.3, 0.4) is 0 Å². The number of benzene rings is 1. The molecule has 9 heteroatoms. The largest absolute Gasteiger partial charge is 0.508 e. The van der Waals surface area contributed by atoms with Gasteiger partial charge in [-0.15, -0.1) is 0 Å². The SMILES string of the molecule is NC(=O)C(c1ccccc1O)N1c2c(C(=O)O)ccnc2NC1c1ccco1. The molecule has 3 heterocycles. The van der Waals surface area contributed by atoms with Crippen molar-refractivity contribution >= 4 is 23.4 Å². The van der Waals surface area contributed by atoms with Crippen molar-refractivity contribution in [2.45, 2.75) is 12.2 Å². The summed E-state index contributed by atoms with van der Waals surface area (Å²) < 4.78 is 5.48. The lowest BCUT2D eigenvalue weighted by Gasteiger charge is -2.32. The Labute approximate surface area is 159 Å². The Balaban J connectivity index is 1.96. The molecule has 0 radical (unpaired) electrons. The molecule has 2 aromatic heterocycles. The second-order valence-electron chi connectivity index (χ2n) is 6.19. The molecule has 0 fully saturated rings. The Hall–Kier alpha value is -4.01. The van der Waals surface area contributed by atoms with E-state index >= 15 is 0 Å². The van der Waals surface area contributed by atoms with Gasteiger partial charge in [0, 0.05) is 11.8 Å². The van der Waals surface area contributed by atoms with Crippen LogP contribution in [0.5, 0.6) is 5.75 Å². The third kappa shape index (κ3) is 2.69. The van der Waals surface area contributed by atoms with E-state index in [9.17, 15) is 19.8 Å². The highest BCUT2D eigenvalue weighted by atomic mass is 16.4. The highest BCUT2D eigenvalue weighted by Gasteiger charge is 2.43. The molecule has 4 rings (SSSR count). The van der Waals surface area contributed by atoms with Gasteiger partial charge in [-0.1, -0.05) is 18.2 Å². The molecule has 0 spiro atoms. The number of hydrogen-bond donors (Lipinski definition) is 4. The molecule has 28 heavy (non-hydrogen) atoms. The van der Waals surface area contributed by atoms with Crippen LogP contribution in [0.1, 0.15) is 33.9 Å². The van der Waals surface area contributed by atoms with Crippen molar-refractivity contribution in [3.05, 3.63) is 71.8 Å². The number of carbonyl (C=O) groups is 2. The van der Waals surface area contributed by atoms with E-state index in [2.05, 4.69) is 10.3 Å². The average molecular weight is 380 g/mol. The molecular weight excluding hydrogens is 364 g/mol. The fourth-order valence-electron chi connectivity index (χ4n) is 3.41. The number of amides is 1. The minimum absolute atomic E-state index is 0.0618. The number of para-hydroxylation sites is 1. The molecule has 9 nitrogen and oxygen atoms in total. The second-order valence-corrected chi connectivity index (χ2v) is 6.19. The first-order valence-electron chi connectivity index (χ1n) is 8.37. The number of nitrogens with one attached hydrogen (secondary N) is 1. The van der Waals surface area contributed by atoms with E-state index in [1.807, 2.05) is 0 Å². The lowest BCUT2D eigenvalue weighted by molar-refractivity contribution is -0.119. The normalized spacial score (nSPS) is 16.3. The van der Waals surface area contributed by atoms with E-state index in [1.165, 1.54) is 29.5 Å². The molecule has 1 amide bonds. The Morgan fingerprint density at radius 1 is 1.21 bits per heavy atom. The molecule has 5 N–H and O–H groups in total. The third-order valence-electron chi connectivity index (χ3n) is 4.56. The van der Waals surface area contributed by atoms with E-state index in [0.717, 1.165) is 0 Å². The van der Waals surface area contributed by atoms with Crippen molar-refractivity contribution in [1.29, 1.82) is 0 Å². The van der Waals surface area contributed by atoms with Gasteiger partial charge in [-0.05, 0) is 24.3 Å². The quantitative estimate of drug-likeness (QED) is 0.528. The second kappa shape index (κ2) is 6.62. The Bertz CT molecular complexity index is 1050. The van der Waals surface area contributed by atoms with Crippen LogP contribution in [0.25, 0.3) is 0 Å². The number of primary amides is 1. The Morgan fingerprint density at radius 3 is 2.64 bits per heavy atom. The maximum Gasteiger partial charge on any atom is 0.338 e. The monoisotopic (exact) mass is 380 g/mol. The molecule has 1 aliphatic rings. The van der Waals surface area contributed by atoms with Crippen LogP contribution in [-0.2, 0) is 4.79 Å². The Kier molecular flexibility index (Phi) is 4.11. The van der Waals surface area contributed by atoms with Crippen LogP contribution in [0, 0.1) is 0 Å². The van der Waals surface area contributed by atoms with Crippen LogP contribution in [0.4, 0.5) is 11.5 Å². The minimum Gasteiger partial charge on any atom is -0.508 e. The molecule has 1 aromatic carbocycles. The standard InChI is InChI=1S/C19H16N4O5/c20-16(25)14(10-4-1-2-5-12(10)24)23-15-11(19(26)27)7-8-21-17(15)22-18(23)13-6-3-9-28-13/h1-9,14,18,24H,(H2,20,25)(H,21,22)(H,26,27). The lowest BCUT2D eigenvalue weighted by Crippen LogP contribution is -2.40. The zero-order chi connectivity index (χ0) is 19.8. The summed E-state index contributed by atoms with van der Waals surface area (Å²) in [5.74, 6) is -1.41. The number of nitrogens with two attached hydrogens (primary N) is 1. The van der Waals surface area contributed by atoms with Crippen molar-refractivity contribution in [1.82, 2.24) is 4.98 Å². The number of nitrogens with zero attached hydrogens (tertiary/aromatic N) is 2. The van der Waals surface area contributed by atoms with Crippen molar-refractivity contribution in [3.8, 4) is 5.75 Å². The first-order valence-corrected chi connectivity index (χ1v) is 8.37. The fourth-order valence-corrected chi connectivity index (χ4v) is 3.41. The fraction of sp³-hybridized carbons (Fsp3) is 0.105. The predicted octanol–water partition coefficient (Wildman–Crippen LogP) is 2.24. The number of carbonyl (C=O) groups excluding carboxylic acids is 1. The molecule has 142 valence electrons. The molecular formula is C19H16N4O5. The van der Waals surface area contributed by atoms with Gasteiger partial charge >= 0.3 is 5.97 Å². The molecule has 2 atom stereocenters. The summed E-state index contributed by atoms with van der Waals surface area (Å²) in [5.41, 5.74) is 6.06. The van der Waals surface area contributed by atoms with Crippen molar-refractivity contribution in [2.24, 2.45) is 5.73 Å². The lowest BCUT2D eigenvalue weighted by atomic mass is 10.0. The van der Waals surface area contributed by atoms with Gasteiger partial charge in [0.05, 0.1) is 17.5 Å². The number of carboxylic acid groups (broad SMARTS) is 1. The molecule has 0 saturated heterocycles. The summed E-state index contributed by atoms with van der Waals surface area (Å²) in [6.45, 7) is 0. The van der Waals surface area contributed by atoms with Gasteiger partial charge in [0.2, 0.25) is 5.91 Å². The van der Waals surface area contributed by atoms with Crippen molar-refractivity contribution < 1.29 is 24.2 Å². The van der Waals surface area contributed by atoms with E-state index < -0.39 is 24.1 Å². The Morgan fingerprint density at radius 2 is 2.00 bits per heavy atom. The minimum atomic E-state index is -1.19. The number of fused-ring (bicyclic) bond motifs is 1. The summed E-state index contributed by atoms with van der Waals surface area (Å²) in [6.07, 6.45) is 2.07. The summed E-state index contributed by atoms with van der Waals surface area (Å²) in [4.78, 5) is 30.0. The molecule has 2 unspecified atom stereocenters. The molecule has 0 saturated carbocycles. The van der Waals surface area contributed by atoms with Crippen molar-refractivity contribution in [3.63, 3.8) is 0 Å². The summed E-state index contributed by atoms with van der Waals surface area (Å²) in [6, 6.07) is 9.76. The van der Waals surface area contributed by atoms with Gasteiger partial charge in [-0.3, -0.25) is 4.79 Å². The first-order chi connectivity index (χ1) is 13.5. The maximum absolute atomic E-state index is 12.5. The number of aromatic nitrogens is 1. The number of carboxylic acids is 1. The van der Waals surface area contributed by atoms with E-state index in [1.54, 1.807) is 30.3 Å². The van der Waals surface area contributed by atoms with Crippen LogP contribution in [0.15, 0.2) is 59.3 Å². The van der Waals surface area contributed by atoms with Gasteiger partial charge in [0.15, 0.2) is 12.0 Å².